The quantitative estimate of drug-likeness (QED) is 0.574. The molecule has 1 atom stereocenters. The zero-order chi connectivity index (χ0) is 15.1. The average molecular weight is 282 g/mol. The Balaban J connectivity index is 2.88. The first kappa shape index (κ1) is 16.1. The average Bonchev–Trinajstić information content (AvgIpc) is 2.38. The molecule has 0 spiro atoms. The molecular weight excluding hydrogens is 264 g/mol. The molecule has 0 aliphatic carbocycles. The number of carbonyl (C=O) groups excluding carboxylic acids is 1. The predicted octanol–water partition coefficient (Wildman–Crippen LogP) is 1.03. The van der Waals surface area contributed by atoms with Crippen LogP contribution >= 0.6 is 0 Å². The Labute approximate surface area is 116 Å². The maximum atomic E-state index is 12.1. The van der Waals surface area contributed by atoms with Gasteiger partial charge in [-0.15, -0.1) is 0 Å². The summed E-state index contributed by atoms with van der Waals surface area (Å²) in [4.78, 5) is 22.3. The molecule has 110 valence electrons. The van der Waals surface area contributed by atoms with E-state index in [2.05, 4.69) is 5.32 Å². The fourth-order valence-electron chi connectivity index (χ4n) is 1.82. The Kier molecular flexibility index (Phi) is 6.08. The molecule has 1 aromatic rings. The summed E-state index contributed by atoms with van der Waals surface area (Å²) >= 11 is 0. The van der Waals surface area contributed by atoms with Crippen LogP contribution in [-0.4, -0.2) is 42.3 Å². The van der Waals surface area contributed by atoms with Crippen LogP contribution in [0.1, 0.15) is 22.3 Å². The molecule has 0 fully saturated rings. The number of nitrogens with one attached hydrogen (secondary N) is 1. The third-order valence-electron chi connectivity index (χ3n) is 2.72. The van der Waals surface area contributed by atoms with Gasteiger partial charge in [-0.2, -0.15) is 0 Å². The molecule has 0 heterocycles. The van der Waals surface area contributed by atoms with Crippen LogP contribution in [0, 0.1) is 17.0 Å². The molecule has 0 aliphatic heterocycles. The number of hydrogen-bond acceptors (Lipinski definition) is 5. The summed E-state index contributed by atoms with van der Waals surface area (Å²) in [5, 5.41) is 22.4. The van der Waals surface area contributed by atoms with Crippen LogP contribution in [0.25, 0.3) is 0 Å². The normalized spacial score (nSPS) is 11.9. The number of nitrogens with zero attached hydrogens (tertiary/aromatic N) is 1. The topological polar surface area (TPSA) is 102 Å². The van der Waals surface area contributed by atoms with Gasteiger partial charge in [0.2, 0.25) is 0 Å². The minimum absolute atomic E-state index is 0.0811. The number of aliphatic hydroxyl groups is 1. The fourth-order valence-corrected chi connectivity index (χ4v) is 1.82. The van der Waals surface area contributed by atoms with Crippen molar-refractivity contribution in [2.45, 2.75) is 19.4 Å². The van der Waals surface area contributed by atoms with Crippen LogP contribution in [0.15, 0.2) is 18.2 Å². The predicted molar refractivity (Wildman–Crippen MR) is 72.7 cm³/mol. The second-order valence-electron chi connectivity index (χ2n) is 4.45. The van der Waals surface area contributed by atoms with E-state index in [1.165, 1.54) is 19.2 Å². The number of hydrogen-bond donors (Lipinski definition) is 2. The number of benzene rings is 1. The standard InChI is InChI=1S/C13H18N2O5/c1-9-5-10(7-12(6-9)15(18)19)13(17)14-11(3-4-16)8-20-2/h5-7,11,16H,3-4,8H2,1-2H3,(H,14,17). The summed E-state index contributed by atoms with van der Waals surface area (Å²) in [6.45, 7) is 1.87. The van der Waals surface area contributed by atoms with E-state index in [0.717, 1.165) is 0 Å². The summed E-state index contributed by atoms with van der Waals surface area (Å²) < 4.78 is 4.94. The summed E-state index contributed by atoms with van der Waals surface area (Å²) in [6.07, 6.45) is 0.355. The SMILES string of the molecule is COCC(CCO)NC(=O)c1cc(C)cc([N+](=O)[O-])c1. The van der Waals surface area contributed by atoms with Gasteiger partial charge >= 0.3 is 0 Å². The second kappa shape index (κ2) is 7.56. The van der Waals surface area contributed by atoms with Gasteiger partial charge in [0.15, 0.2) is 0 Å². The van der Waals surface area contributed by atoms with E-state index in [1.54, 1.807) is 13.0 Å². The van der Waals surface area contributed by atoms with Gasteiger partial charge in [-0.1, -0.05) is 0 Å². The lowest BCUT2D eigenvalue weighted by molar-refractivity contribution is -0.384. The van der Waals surface area contributed by atoms with E-state index in [4.69, 9.17) is 9.84 Å². The van der Waals surface area contributed by atoms with E-state index >= 15 is 0 Å². The van der Waals surface area contributed by atoms with Crippen molar-refractivity contribution in [2.24, 2.45) is 0 Å². The molecule has 7 heteroatoms. The van der Waals surface area contributed by atoms with E-state index in [0.29, 0.717) is 12.0 Å². The van der Waals surface area contributed by atoms with Crippen LogP contribution in [-0.2, 0) is 4.74 Å². The number of nitro benzene ring substituents is 1. The van der Waals surface area contributed by atoms with Gasteiger partial charge in [0.25, 0.3) is 11.6 Å². The molecule has 0 saturated heterocycles. The largest absolute Gasteiger partial charge is 0.396 e. The molecule has 1 rings (SSSR count). The molecular formula is C13H18N2O5. The molecule has 0 saturated carbocycles. The minimum atomic E-state index is -0.538. The second-order valence-corrected chi connectivity index (χ2v) is 4.45. The van der Waals surface area contributed by atoms with Gasteiger partial charge in [-0.05, 0) is 25.0 Å². The molecule has 1 unspecified atom stereocenters. The molecule has 0 radical (unpaired) electrons. The minimum Gasteiger partial charge on any atom is -0.396 e. The van der Waals surface area contributed by atoms with Gasteiger partial charge in [0.05, 0.1) is 17.6 Å². The number of aryl methyl sites for hydroxylation is 1. The van der Waals surface area contributed by atoms with Crippen LogP contribution in [0.5, 0.6) is 0 Å². The van der Waals surface area contributed by atoms with E-state index in [1.807, 2.05) is 0 Å². The van der Waals surface area contributed by atoms with Crippen molar-refractivity contribution in [1.29, 1.82) is 0 Å². The maximum absolute atomic E-state index is 12.1. The first-order chi connectivity index (χ1) is 9.47. The highest BCUT2D eigenvalue weighted by molar-refractivity contribution is 5.95. The Bertz CT molecular complexity index is 484. The van der Waals surface area contributed by atoms with E-state index in [-0.39, 0.29) is 30.5 Å². The number of aliphatic hydroxyl groups excluding tert-OH is 1. The molecule has 20 heavy (non-hydrogen) atoms. The fraction of sp³-hybridized carbons (Fsp3) is 0.462. The first-order valence-corrected chi connectivity index (χ1v) is 6.14. The van der Waals surface area contributed by atoms with Crippen molar-refractivity contribution in [2.75, 3.05) is 20.3 Å². The Hall–Kier alpha value is -1.99. The molecule has 0 aliphatic rings. The lowest BCUT2D eigenvalue weighted by Crippen LogP contribution is -2.38. The van der Waals surface area contributed by atoms with Crippen molar-refractivity contribution in [3.63, 3.8) is 0 Å². The zero-order valence-corrected chi connectivity index (χ0v) is 11.5. The van der Waals surface area contributed by atoms with Crippen molar-refractivity contribution in [3.8, 4) is 0 Å². The molecule has 1 aromatic carbocycles. The summed E-state index contributed by atoms with van der Waals surface area (Å²) in [5.74, 6) is -0.424. The van der Waals surface area contributed by atoms with Gasteiger partial charge < -0.3 is 15.2 Å². The summed E-state index contributed by atoms with van der Waals surface area (Å²) in [7, 11) is 1.49. The smallest absolute Gasteiger partial charge is 0.270 e. The van der Waals surface area contributed by atoms with Crippen LogP contribution in [0.4, 0.5) is 5.69 Å². The first-order valence-electron chi connectivity index (χ1n) is 6.14. The molecule has 2 N–H and O–H groups in total. The van der Waals surface area contributed by atoms with Crippen molar-refractivity contribution in [3.05, 3.63) is 39.4 Å². The van der Waals surface area contributed by atoms with Gasteiger partial charge in [-0.3, -0.25) is 14.9 Å². The lowest BCUT2D eigenvalue weighted by atomic mass is 10.1. The summed E-state index contributed by atoms with van der Waals surface area (Å²) in [5.41, 5.74) is 0.728. The number of rotatable bonds is 7. The highest BCUT2D eigenvalue weighted by atomic mass is 16.6. The third kappa shape index (κ3) is 4.60. The van der Waals surface area contributed by atoms with Crippen molar-refractivity contribution in [1.82, 2.24) is 5.32 Å². The highest BCUT2D eigenvalue weighted by Crippen LogP contribution is 2.16. The van der Waals surface area contributed by atoms with Crippen molar-refractivity contribution >= 4 is 11.6 Å². The van der Waals surface area contributed by atoms with Gasteiger partial charge in [-0.25, -0.2) is 0 Å². The molecule has 1 amide bonds. The van der Waals surface area contributed by atoms with Gasteiger partial charge in [0.1, 0.15) is 0 Å². The maximum Gasteiger partial charge on any atom is 0.270 e. The highest BCUT2D eigenvalue weighted by Gasteiger charge is 2.16. The summed E-state index contributed by atoms with van der Waals surface area (Å²) in [6, 6.07) is 3.87. The number of ether oxygens (including phenoxy) is 1. The number of non-ortho nitro benzene ring substituents is 1. The van der Waals surface area contributed by atoms with E-state index in [9.17, 15) is 14.9 Å². The zero-order valence-electron chi connectivity index (χ0n) is 11.5. The molecule has 0 bridgehead atoms. The third-order valence-corrected chi connectivity index (χ3v) is 2.72. The van der Waals surface area contributed by atoms with Crippen LogP contribution in [0.3, 0.4) is 0 Å². The van der Waals surface area contributed by atoms with Gasteiger partial charge in [0, 0.05) is 31.4 Å². The monoisotopic (exact) mass is 282 g/mol. The molecule has 7 nitrogen and oxygen atoms in total. The Morgan fingerprint density at radius 2 is 2.20 bits per heavy atom. The number of amides is 1. The number of nitro groups is 1. The Morgan fingerprint density at radius 1 is 1.50 bits per heavy atom. The number of methoxy groups -OCH3 is 1. The van der Waals surface area contributed by atoms with Crippen LogP contribution in [0.2, 0.25) is 0 Å². The van der Waals surface area contributed by atoms with Crippen molar-refractivity contribution < 1.29 is 19.6 Å². The number of carbonyl (C=O) groups is 1. The van der Waals surface area contributed by atoms with E-state index < -0.39 is 10.8 Å². The lowest BCUT2D eigenvalue weighted by Gasteiger charge is -2.16. The molecule has 0 aromatic heterocycles. The Morgan fingerprint density at radius 3 is 2.75 bits per heavy atom. The van der Waals surface area contributed by atoms with Crippen LogP contribution < -0.4 is 5.32 Å².